The summed E-state index contributed by atoms with van der Waals surface area (Å²) in [5, 5.41) is 4.39. The van der Waals surface area contributed by atoms with Crippen molar-refractivity contribution in [2.24, 2.45) is 5.10 Å². The quantitative estimate of drug-likeness (QED) is 0.846. The van der Waals surface area contributed by atoms with Gasteiger partial charge in [-0.2, -0.15) is 23.3 Å². The smallest absolute Gasteiger partial charge is 0.349 e. The molecule has 0 spiro atoms. The minimum absolute atomic E-state index is 0.103. The van der Waals surface area contributed by atoms with Crippen LogP contribution >= 0.6 is 0 Å². The molecule has 0 aliphatic carbocycles. The summed E-state index contributed by atoms with van der Waals surface area (Å²) in [7, 11) is 0.933. The van der Waals surface area contributed by atoms with Crippen LogP contribution in [0.25, 0.3) is 0 Å². The van der Waals surface area contributed by atoms with Crippen LogP contribution in [-0.2, 0) is 4.74 Å². The Labute approximate surface area is 142 Å². The van der Waals surface area contributed by atoms with E-state index in [1.807, 2.05) is 0 Å². The predicted octanol–water partition coefficient (Wildman–Crippen LogP) is 3.84. The molecule has 130 valence electrons. The van der Waals surface area contributed by atoms with Crippen molar-refractivity contribution in [1.82, 2.24) is 5.01 Å². The molecule has 0 bridgehead atoms. The zero-order chi connectivity index (χ0) is 18.1. The van der Waals surface area contributed by atoms with Crippen LogP contribution in [0.4, 0.5) is 13.2 Å². The van der Waals surface area contributed by atoms with E-state index in [1.54, 1.807) is 48.5 Å². The van der Waals surface area contributed by atoms with Gasteiger partial charge in [0.25, 0.3) is 11.6 Å². The van der Waals surface area contributed by atoms with Gasteiger partial charge in [0.15, 0.2) is 0 Å². The molecule has 1 aliphatic rings. The summed E-state index contributed by atoms with van der Waals surface area (Å²) in [6.45, 7) is 0. The topological polar surface area (TPSA) is 41.9 Å². The zero-order valence-electron chi connectivity index (χ0n) is 13.3. The summed E-state index contributed by atoms with van der Waals surface area (Å²) in [5.74, 6) is -0.870. The number of hydrogen-bond donors (Lipinski definition) is 0. The van der Waals surface area contributed by atoms with Crippen molar-refractivity contribution in [2.75, 3.05) is 7.11 Å². The fraction of sp³-hybridized carbons (Fsp3) is 0.222. The highest BCUT2D eigenvalue weighted by Crippen LogP contribution is 2.44. The molecule has 7 heteroatoms. The second-order valence-electron chi connectivity index (χ2n) is 5.56. The van der Waals surface area contributed by atoms with Crippen LogP contribution in [0.5, 0.6) is 0 Å². The van der Waals surface area contributed by atoms with Crippen LogP contribution in [0.1, 0.15) is 22.3 Å². The van der Waals surface area contributed by atoms with E-state index in [1.165, 1.54) is 12.1 Å². The lowest BCUT2D eigenvalue weighted by Crippen LogP contribution is -2.58. The fourth-order valence-corrected chi connectivity index (χ4v) is 2.74. The average Bonchev–Trinajstić information content (AvgIpc) is 3.04. The minimum Gasteiger partial charge on any atom is -0.349 e. The Kier molecular flexibility index (Phi) is 4.34. The molecular formula is C18H15F3N2O2. The van der Waals surface area contributed by atoms with Gasteiger partial charge in [0.1, 0.15) is 0 Å². The Morgan fingerprint density at radius 2 is 1.64 bits per heavy atom. The second-order valence-corrected chi connectivity index (χ2v) is 5.56. The minimum atomic E-state index is -4.81. The number of amides is 1. The summed E-state index contributed by atoms with van der Waals surface area (Å²) < 4.78 is 46.4. The standard InChI is InChI=1S/C18H15F3N2O2/c1-25-17(18(19,20)21)12-15(13-8-4-2-5-9-13)22-23(17)16(24)14-10-6-3-7-11-14/h2-11H,12H2,1H3. The lowest BCUT2D eigenvalue weighted by atomic mass is 10.0. The number of nitrogens with zero attached hydrogens (tertiary/aromatic N) is 2. The number of ether oxygens (including phenoxy) is 1. The summed E-state index contributed by atoms with van der Waals surface area (Å²) in [4.78, 5) is 12.7. The van der Waals surface area contributed by atoms with Gasteiger partial charge in [-0.1, -0.05) is 48.5 Å². The normalized spacial score (nSPS) is 20.5. The first-order valence-electron chi connectivity index (χ1n) is 7.53. The Morgan fingerprint density at radius 1 is 1.08 bits per heavy atom. The lowest BCUT2D eigenvalue weighted by Gasteiger charge is -2.36. The number of rotatable bonds is 3. The summed E-state index contributed by atoms with van der Waals surface area (Å²) in [6.07, 6.45) is -5.39. The molecule has 25 heavy (non-hydrogen) atoms. The van der Waals surface area contributed by atoms with E-state index in [9.17, 15) is 18.0 Å². The van der Waals surface area contributed by atoms with Gasteiger partial charge < -0.3 is 4.74 Å². The van der Waals surface area contributed by atoms with E-state index in [0.717, 1.165) is 7.11 Å². The van der Waals surface area contributed by atoms with Crippen LogP contribution in [0, 0.1) is 0 Å². The van der Waals surface area contributed by atoms with Gasteiger partial charge in [-0.05, 0) is 17.7 Å². The zero-order valence-corrected chi connectivity index (χ0v) is 13.3. The number of methoxy groups -OCH3 is 1. The monoisotopic (exact) mass is 348 g/mol. The van der Waals surface area contributed by atoms with Crippen LogP contribution in [0.2, 0.25) is 0 Å². The predicted molar refractivity (Wildman–Crippen MR) is 86.0 cm³/mol. The van der Waals surface area contributed by atoms with E-state index in [-0.39, 0.29) is 11.3 Å². The van der Waals surface area contributed by atoms with Crippen molar-refractivity contribution in [2.45, 2.75) is 18.3 Å². The van der Waals surface area contributed by atoms with E-state index in [0.29, 0.717) is 10.6 Å². The highest BCUT2D eigenvalue weighted by Gasteiger charge is 2.65. The van der Waals surface area contributed by atoms with Crippen LogP contribution in [-0.4, -0.2) is 35.6 Å². The first-order valence-corrected chi connectivity index (χ1v) is 7.53. The van der Waals surface area contributed by atoms with Gasteiger partial charge >= 0.3 is 6.18 Å². The van der Waals surface area contributed by atoms with Gasteiger partial charge in [0.05, 0.1) is 12.1 Å². The van der Waals surface area contributed by atoms with Crippen LogP contribution in [0.3, 0.4) is 0 Å². The van der Waals surface area contributed by atoms with Crippen molar-refractivity contribution in [1.29, 1.82) is 0 Å². The third kappa shape index (κ3) is 2.91. The lowest BCUT2D eigenvalue weighted by molar-refractivity contribution is -0.307. The summed E-state index contributed by atoms with van der Waals surface area (Å²) >= 11 is 0. The number of halogens is 3. The SMILES string of the molecule is COC1(C(F)(F)F)CC(c2ccccc2)=NN1C(=O)c1ccccc1. The maximum absolute atomic E-state index is 13.8. The van der Waals surface area contributed by atoms with Crippen molar-refractivity contribution in [3.63, 3.8) is 0 Å². The van der Waals surface area contributed by atoms with E-state index in [4.69, 9.17) is 4.74 Å². The molecule has 1 aliphatic heterocycles. The molecule has 1 heterocycles. The Morgan fingerprint density at radius 3 is 2.16 bits per heavy atom. The van der Waals surface area contributed by atoms with E-state index < -0.39 is 24.2 Å². The molecule has 3 rings (SSSR count). The van der Waals surface area contributed by atoms with Crippen molar-refractivity contribution < 1.29 is 22.7 Å². The number of carbonyl (C=O) groups excluding carboxylic acids is 1. The highest BCUT2D eigenvalue weighted by atomic mass is 19.4. The molecule has 0 N–H and O–H groups in total. The fourth-order valence-electron chi connectivity index (χ4n) is 2.74. The largest absolute Gasteiger partial charge is 0.439 e. The first kappa shape index (κ1) is 17.2. The van der Waals surface area contributed by atoms with Gasteiger partial charge in [0.2, 0.25) is 0 Å². The van der Waals surface area contributed by atoms with E-state index in [2.05, 4.69) is 5.10 Å². The molecule has 0 saturated carbocycles. The number of hydrogen-bond acceptors (Lipinski definition) is 3. The van der Waals surface area contributed by atoms with E-state index >= 15 is 0 Å². The summed E-state index contributed by atoms with van der Waals surface area (Å²) in [5.41, 5.74) is -2.07. The molecule has 2 aromatic carbocycles. The maximum Gasteiger partial charge on any atom is 0.439 e. The molecule has 0 saturated heterocycles. The second kappa shape index (κ2) is 6.33. The Balaban J connectivity index is 2.09. The molecule has 1 unspecified atom stereocenters. The van der Waals surface area contributed by atoms with Crippen molar-refractivity contribution in [3.8, 4) is 0 Å². The molecular weight excluding hydrogens is 333 g/mol. The summed E-state index contributed by atoms with van der Waals surface area (Å²) in [6, 6.07) is 16.1. The molecule has 0 radical (unpaired) electrons. The first-order chi connectivity index (χ1) is 11.9. The van der Waals surface area contributed by atoms with Gasteiger partial charge in [-0.3, -0.25) is 4.79 Å². The number of hydrazone groups is 1. The van der Waals surface area contributed by atoms with Crippen LogP contribution < -0.4 is 0 Å². The highest BCUT2D eigenvalue weighted by molar-refractivity contribution is 6.05. The van der Waals surface area contributed by atoms with Crippen LogP contribution in [0.15, 0.2) is 65.8 Å². The average molecular weight is 348 g/mol. The third-order valence-electron chi connectivity index (χ3n) is 4.07. The van der Waals surface area contributed by atoms with Crippen molar-refractivity contribution >= 4 is 11.6 Å². The molecule has 1 amide bonds. The number of alkyl halides is 3. The van der Waals surface area contributed by atoms with Gasteiger partial charge in [0, 0.05) is 12.7 Å². The third-order valence-corrected chi connectivity index (χ3v) is 4.07. The molecule has 2 aromatic rings. The Hall–Kier alpha value is -2.67. The molecule has 0 fully saturated rings. The maximum atomic E-state index is 13.8. The number of carbonyl (C=O) groups is 1. The molecule has 0 aromatic heterocycles. The molecule has 1 atom stereocenters. The van der Waals surface area contributed by atoms with Crippen molar-refractivity contribution in [3.05, 3.63) is 71.8 Å². The molecule has 4 nitrogen and oxygen atoms in total. The van der Waals surface area contributed by atoms with Gasteiger partial charge in [-0.25, -0.2) is 0 Å². The Bertz CT molecular complexity index is 791. The van der Waals surface area contributed by atoms with Gasteiger partial charge in [-0.15, -0.1) is 0 Å². The number of benzene rings is 2.